The summed E-state index contributed by atoms with van der Waals surface area (Å²) in [4.78, 5) is 22.1. The van der Waals surface area contributed by atoms with E-state index in [1.54, 1.807) is 0 Å². The van der Waals surface area contributed by atoms with Crippen LogP contribution in [0.1, 0.15) is 188 Å². The van der Waals surface area contributed by atoms with Gasteiger partial charge in [0.05, 0.1) is 0 Å². The van der Waals surface area contributed by atoms with Gasteiger partial charge >= 0.3 is 8.60 Å². The Kier molecular flexibility index (Phi) is 12.0. The third-order valence-corrected chi connectivity index (χ3v) is 13.1. The largest absolute Gasteiger partial charge is 0.328 e. The summed E-state index contributed by atoms with van der Waals surface area (Å²) in [7, 11) is -2.66. The highest BCUT2D eigenvalue weighted by atomic mass is 31.2. The molecule has 4 heteroatoms. The van der Waals surface area contributed by atoms with Gasteiger partial charge in [-0.05, 0) is 100.0 Å². The highest BCUT2D eigenvalue weighted by Gasteiger charge is 2.60. The van der Waals surface area contributed by atoms with Gasteiger partial charge in [-0.3, -0.25) is 4.52 Å². The SMILES string of the molecule is CCCCC1(C(OP(O)O)(c2ccc(C(C)(C)CC)cc2C(C)(C)CC)c2ccc(C(C)(C)CC)cc2C(C)(C)CC)CCC1. The van der Waals surface area contributed by atoms with E-state index in [-0.39, 0.29) is 27.1 Å². The number of hydrogen-bond donors (Lipinski definition) is 2. The zero-order valence-electron chi connectivity index (χ0n) is 31.3. The van der Waals surface area contributed by atoms with Gasteiger partial charge in [0.15, 0.2) is 0 Å². The van der Waals surface area contributed by atoms with E-state index in [2.05, 4.69) is 126 Å². The summed E-state index contributed by atoms with van der Waals surface area (Å²) in [5, 5.41) is 0. The summed E-state index contributed by atoms with van der Waals surface area (Å²) in [6, 6.07) is 14.2. The van der Waals surface area contributed by atoms with Crippen molar-refractivity contribution >= 4 is 8.60 Å². The van der Waals surface area contributed by atoms with Crippen molar-refractivity contribution in [3.8, 4) is 0 Å². The van der Waals surface area contributed by atoms with Crippen molar-refractivity contribution in [1.82, 2.24) is 0 Å². The first kappa shape index (κ1) is 38.2. The molecule has 0 amide bonds. The monoisotopic (exact) mass is 638 g/mol. The molecule has 2 N–H and O–H groups in total. The number of benzene rings is 2. The van der Waals surface area contributed by atoms with Crippen LogP contribution in [-0.2, 0) is 31.8 Å². The number of hydrogen-bond acceptors (Lipinski definition) is 3. The predicted molar refractivity (Wildman–Crippen MR) is 195 cm³/mol. The zero-order valence-corrected chi connectivity index (χ0v) is 32.2. The summed E-state index contributed by atoms with van der Waals surface area (Å²) in [6.45, 7) is 30.1. The molecule has 1 saturated carbocycles. The van der Waals surface area contributed by atoms with Gasteiger partial charge in [-0.2, -0.15) is 0 Å². The van der Waals surface area contributed by atoms with E-state index in [0.29, 0.717) is 0 Å². The third-order valence-electron chi connectivity index (χ3n) is 12.6. The molecule has 1 aliphatic rings. The summed E-state index contributed by atoms with van der Waals surface area (Å²) in [5.74, 6) is 0. The summed E-state index contributed by atoms with van der Waals surface area (Å²) in [6.07, 6.45) is 10.4. The van der Waals surface area contributed by atoms with Crippen LogP contribution in [-0.4, -0.2) is 9.79 Å². The van der Waals surface area contributed by atoms with Crippen LogP contribution < -0.4 is 0 Å². The van der Waals surface area contributed by atoms with Crippen molar-refractivity contribution in [2.75, 3.05) is 0 Å². The summed E-state index contributed by atoms with van der Waals surface area (Å²) < 4.78 is 6.95. The first-order valence-electron chi connectivity index (χ1n) is 18.0. The Bertz CT molecular complexity index is 1200. The van der Waals surface area contributed by atoms with E-state index in [9.17, 15) is 9.79 Å². The van der Waals surface area contributed by atoms with Crippen molar-refractivity contribution in [2.45, 2.75) is 181 Å². The van der Waals surface area contributed by atoms with Crippen LogP contribution in [0, 0.1) is 5.41 Å². The molecule has 1 fully saturated rings. The standard InChI is InChI=1S/C41H67O3P/c1-14-19-25-40(26-20-27-40)41(44-45(42)43,32-23-21-30(36(6,7)15-2)28-34(32)38(10,11)17-4)33-24-22-31(37(8,9)16-3)29-35(33)39(12,13)18-5/h21-24,28-29,42-43H,14-20,25-27H2,1-13H3. The number of unbranched alkanes of at least 4 members (excludes halogenated alkanes) is 1. The van der Waals surface area contributed by atoms with Crippen molar-refractivity contribution in [3.63, 3.8) is 0 Å². The lowest BCUT2D eigenvalue weighted by atomic mass is 9.50. The topological polar surface area (TPSA) is 49.7 Å². The van der Waals surface area contributed by atoms with E-state index in [1.165, 1.54) is 22.3 Å². The molecule has 0 aromatic heterocycles. The second-order valence-corrected chi connectivity index (χ2v) is 17.4. The minimum atomic E-state index is -2.66. The Balaban J connectivity index is 2.66. The Morgan fingerprint density at radius 1 is 0.622 bits per heavy atom. The molecule has 0 atom stereocenters. The molecule has 2 aromatic rings. The van der Waals surface area contributed by atoms with Gasteiger partial charge in [0.25, 0.3) is 0 Å². The van der Waals surface area contributed by atoms with Gasteiger partial charge in [-0.25, -0.2) is 0 Å². The maximum Gasteiger partial charge on any atom is 0.328 e. The van der Waals surface area contributed by atoms with Crippen LogP contribution in [0.4, 0.5) is 0 Å². The van der Waals surface area contributed by atoms with Crippen LogP contribution in [0.3, 0.4) is 0 Å². The first-order valence-corrected chi connectivity index (χ1v) is 19.2. The fourth-order valence-corrected chi connectivity index (χ4v) is 8.02. The molecule has 0 aliphatic heterocycles. The molecule has 0 unspecified atom stereocenters. The zero-order chi connectivity index (χ0) is 34.1. The lowest BCUT2D eigenvalue weighted by Crippen LogP contribution is -2.54. The minimum Gasteiger partial charge on any atom is -0.328 e. The molecule has 254 valence electrons. The van der Waals surface area contributed by atoms with Crippen molar-refractivity contribution in [3.05, 3.63) is 69.8 Å². The second-order valence-electron chi connectivity index (χ2n) is 16.7. The molecular weight excluding hydrogens is 571 g/mol. The average molecular weight is 639 g/mol. The van der Waals surface area contributed by atoms with Crippen LogP contribution >= 0.6 is 8.60 Å². The highest BCUT2D eigenvalue weighted by Crippen LogP contribution is 2.66. The van der Waals surface area contributed by atoms with Gasteiger partial charge in [0, 0.05) is 5.41 Å². The fourth-order valence-electron chi connectivity index (χ4n) is 7.38. The summed E-state index contributed by atoms with van der Waals surface area (Å²) in [5.41, 5.74) is 6.02. The smallest absolute Gasteiger partial charge is 0.328 e. The first-order chi connectivity index (χ1) is 20.8. The van der Waals surface area contributed by atoms with E-state index < -0.39 is 14.2 Å². The third kappa shape index (κ3) is 7.13. The van der Waals surface area contributed by atoms with Crippen LogP contribution in [0.15, 0.2) is 36.4 Å². The quantitative estimate of drug-likeness (QED) is 0.180. The van der Waals surface area contributed by atoms with Gasteiger partial charge in [0.2, 0.25) is 0 Å². The van der Waals surface area contributed by atoms with Crippen LogP contribution in [0.2, 0.25) is 0 Å². The van der Waals surface area contributed by atoms with Crippen LogP contribution in [0.25, 0.3) is 0 Å². The minimum absolute atomic E-state index is 0.0281. The molecule has 3 rings (SSSR count). The maximum atomic E-state index is 11.1. The molecule has 0 heterocycles. The molecular formula is C41H67O3P. The molecule has 2 aromatic carbocycles. The highest BCUT2D eigenvalue weighted by molar-refractivity contribution is 7.39. The van der Waals surface area contributed by atoms with Crippen molar-refractivity contribution < 1.29 is 14.3 Å². The van der Waals surface area contributed by atoms with E-state index in [1.807, 2.05) is 0 Å². The van der Waals surface area contributed by atoms with Gasteiger partial charge < -0.3 is 9.79 Å². The van der Waals surface area contributed by atoms with Crippen molar-refractivity contribution in [1.29, 1.82) is 0 Å². The molecule has 0 saturated heterocycles. The molecule has 0 radical (unpaired) electrons. The van der Waals surface area contributed by atoms with Crippen LogP contribution in [0.5, 0.6) is 0 Å². The predicted octanol–water partition coefficient (Wildman–Crippen LogP) is 12.3. The Morgan fingerprint density at radius 3 is 1.31 bits per heavy atom. The van der Waals surface area contributed by atoms with Gasteiger partial charge in [-0.15, -0.1) is 0 Å². The van der Waals surface area contributed by atoms with Gasteiger partial charge in [-0.1, -0.05) is 146 Å². The fraction of sp³-hybridized carbons (Fsp3) is 0.707. The second kappa shape index (κ2) is 14.1. The van der Waals surface area contributed by atoms with Gasteiger partial charge in [0.1, 0.15) is 5.60 Å². The molecule has 1 aliphatic carbocycles. The molecule has 0 spiro atoms. The molecule has 3 nitrogen and oxygen atoms in total. The maximum absolute atomic E-state index is 11.1. The van der Waals surface area contributed by atoms with E-state index >= 15 is 0 Å². The molecule has 0 bridgehead atoms. The molecule has 45 heavy (non-hydrogen) atoms. The van der Waals surface area contributed by atoms with E-state index in [0.717, 1.165) is 75.3 Å². The lowest BCUT2D eigenvalue weighted by molar-refractivity contribution is -0.0996. The Morgan fingerprint density at radius 2 is 1.02 bits per heavy atom. The lowest BCUT2D eigenvalue weighted by Gasteiger charge is -2.58. The number of rotatable bonds is 16. The Hall–Kier alpha value is -1.25. The Labute approximate surface area is 279 Å². The van der Waals surface area contributed by atoms with Crippen molar-refractivity contribution in [2.24, 2.45) is 5.41 Å². The average Bonchev–Trinajstić information content (AvgIpc) is 2.99. The normalized spacial score (nSPS) is 16.3. The summed E-state index contributed by atoms with van der Waals surface area (Å²) >= 11 is 0. The van der Waals surface area contributed by atoms with E-state index in [4.69, 9.17) is 4.52 Å².